The maximum atomic E-state index is 11.9. The zero-order valence-electron chi connectivity index (χ0n) is 9.02. The van der Waals surface area contributed by atoms with Crippen molar-refractivity contribution in [3.63, 3.8) is 0 Å². The molecule has 0 unspecified atom stereocenters. The normalized spacial score (nSPS) is 10.1. The number of pyridine rings is 1. The van der Waals surface area contributed by atoms with Gasteiger partial charge in [0.25, 0.3) is 5.91 Å². The largest absolute Gasteiger partial charge is 0.508 e. The van der Waals surface area contributed by atoms with Crippen molar-refractivity contribution in [3.8, 4) is 5.75 Å². The Bertz CT molecular complexity index is 585. The van der Waals surface area contributed by atoms with Crippen LogP contribution in [-0.4, -0.2) is 16.0 Å². The number of halogens is 2. The molecule has 6 heteroatoms. The van der Waals surface area contributed by atoms with Crippen LogP contribution in [0.15, 0.2) is 36.5 Å². The minimum absolute atomic E-state index is 0.123. The minimum atomic E-state index is -0.394. The van der Waals surface area contributed by atoms with Crippen molar-refractivity contribution in [2.45, 2.75) is 0 Å². The van der Waals surface area contributed by atoms with E-state index >= 15 is 0 Å². The van der Waals surface area contributed by atoms with Gasteiger partial charge in [-0.25, -0.2) is 4.98 Å². The van der Waals surface area contributed by atoms with Crippen molar-refractivity contribution in [1.82, 2.24) is 4.98 Å². The third-order valence-corrected chi connectivity index (χ3v) is 2.70. The second-order valence-electron chi connectivity index (χ2n) is 3.49. The molecule has 2 aromatic rings. The van der Waals surface area contributed by atoms with Crippen LogP contribution in [0.2, 0.25) is 10.2 Å². The summed E-state index contributed by atoms with van der Waals surface area (Å²) in [6, 6.07) is 7.47. The first kappa shape index (κ1) is 12.7. The van der Waals surface area contributed by atoms with E-state index in [1.807, 2.05) is 0 Å². The van der Waals surface area contributed by atoms with Gasteiger partial charge in [-0.05, 0) is 30.3 Å². The molecule has 1 aromatic heterocycles. The second kappa shape index (κ2) is 5.25. The molecule has 1 amide bonds. The van der Waals surface area contributed by atoms with E-state index in [0.717, 1.165) is 0 Å². The van der Waals surface area contributed by atoms with Gasteiger partial charge in [0.05, 0.1) is 10.6 Å². The third-order valence-electron chi connectivity index (χ3n) is 2.19. The Morgan fingerprint density at radius 3 is 2.56 bits per heavy atom. The van der Waals surface area contributed by atoms with Crippen molar-refractivity contribution in [2.24, 2.45) is 0 Å². The van der Waals surface area contributed by atoms with Crippen LogP contribution in [0.5, 0.6) is 5.75 Å². The van der Waals surface area contributed by atoms with Crippen LogP contribution in [0.4, 0.5) is 5.69 Å². The van der Waals surface area contributed by atoms with Gasteiger partial charge in [-0.2, -0.15) is 0 Å². The molecule has 2 N–H and O–H groups in total. The number of aromatic nitrogens is 1. The van der Waals surface area contributed by atoms with Gasteiger partial charge in [0.1, 0.15) is 10.9 Å². The van der Waals surface area contributed by atoms with Crippen molar-refractivity contribution >= 4 is 34.8 Å². The fraction of sp³-hybridized carbons (Fsp3) is 0. The molecule has 1 heterocycles. The van der Waals surface area contributed by atoms with Crippen LogP contribution < -0.4 is 5.32 Å². The van der Waals surface area contributed by atoms with Crippen LogP contribution in [0.1, 0.15) is 10.4 Å². The lowest BCUT2D eigenvalue weighted by Gasteiger charge is -2.06. The third kappa shape index (κ3) is 2.91. The quantitative estimate of drug-likeness (QED) is 0.656. The molecule has 0 fully saturated rings. The topological polar surface area (TPSA) is 62.2 Å². The van der Waals surface area contributed by atoms with Crippen LogP contribution in [0.3, 0.4) is 0 Å². The summed E-state index contributed by atoms with van der Waals surface area (Å²) in [6.45, 7) is 0. The smallest absolute Gasteiger partial charge is 0.257 e. The van der Waals surface area contributed by atoms with Gasteiger partial charge in [0.2, 0.25) is 0 Å². The maximum absolute atomic E-state index is 11.9. The van der Waals surface area contributed by atoms with E-state index in [9.17, 15) is 4.79 Å². The highest BCUT2D eigenvalue weighted by Crippen LogP contribution is 2.20. The van der Waals surface area contributed by atoms with E-state index in [-0.39, 0.29) is 21.5 Å². The molecule has 2 rings (SSSR count). The molecule has 0 bridgehead atoms. The van der Waals surface area contributed by atoms with E-state index in [1.165, 1.54) is 24.4 Å². The molecule has 4 nitrogen and oxygen atoms in total. The number of carbonyl (C=O) groups excluding carboxylic acids is 1. The Labute approximate surface area is 113 Å². The summed E-state index contributed by atoms with van der Waals surface area (Å²) in [5, 5.41) is 12.2. The van der Waals surface area contributed by atoms with Crippen molar-refractivity contribution in [3.05, 3.63) is 52.3 Å². The van der Waals surface area contributed by atoms with Crippen LogP contribution in [-0.2, 0) is 0 Å². The molecule has 0 aliphatic rings. The molecule has 0 atom stereocenters. The number of hydrogen-bond donors (Lipinski definition) is 2. The molecule has 0 spiro atoms. The molecular formula is C12H8Cl2N2O2. The molecule has 0 aliphatic carbocycles. The molecule has 1 aromatic carbocycles. The highest BCUT2D eigenvalue weighted by molar-refractivity contribution is 6.35. The highest BCUT2D eigenvalue weighted by Gasteiger charge is 2.11. The van der Waals surface area contributed by atoms with Gasteiger partial charge in [-0.15, -0.1) is 0 Å². The Morgan fingerprint density at radius 2 is 1.89 bits per heavy atom. The number of rotatable bonds is 2. The molecule has 0 saturated heterocycles. The fourth-order valence-corrected chi connectivity index (χ4v) is 1.68. The SMILES string of the molecule is O=C(Nc1ccc(O)cc1)c1cc(Cl)ncc1Cl. The van der Waals surface area contributed by atoms with Gasteiger partial charge in [0.15, 0.2) is 0 Å². The zero-order valence-corrected chi connectivity index (χ0v) is 10.5. The Kier molecular flexibility index (Phi) is 3.69. The average Bonchev–Trinajstić information content (AvgIpc) is 2.35. The molecule has 18 heavy (non-hydrogen) atoms. The summed E-state index contributed by atoms with van der Waals surface area (Å²) < 4.78 is 0. The number of hydrogen-bond acceptors (Lipinski definition) is 3. The molecular weight excluding hydrogens is 275 g/mol. The van der Waals surface area contributed by atoms with E-state index in [2.05, 4.69) is 10.3 Å². The van der Waals surface area contributed by atoms with E-state index in [4.69, 9.17) is 28.3 Å². The molecule has 0 saturated carbocycles. The van der Waals surface area contributed by atoms with Crippen molar-refractivity contribution in [2.75, 3.05) is 5.32 Å². The number of phenols is 1. The minimum Gasteiger partial charge on any atom is -0.508 e. The molecule has 0 radical (unpaired) electrons. The van der Waals surface area contributed by atoms with Gasteiger partial charge >= 0.3 is 0 Å². The Balaban J connectivity index is 2.21. The van der Waals surface area contributed by atoms with Crippen molar-refractivity contribution in [1.29, 1.82) is 0 Å². The summed E-state index contributed by atoms with van der Waals surface area (Å²) in [5.74, 6) is -0.270. The van der Waals surface area contributed by atoms with Gasteiger partial charge in [-0.1, -0.05) is 23.2 Å². The number of nitrogens with zero attached hydrogens (tertiary/aromatic N) is 1. The maximum Gasteiger partial charge on any atom is 0.257 e. The highest BCUT2D eigenvalue weighted by atomic mass is 35.5. The van der Waals surface area contributed by atoms with Crippen LogP contribution >= 0.6 is 23.2 Å². The lowest BCUT2D eigenvalue weighted by molar-refractivity contribution is 0.102. The summed E-state index contributed by atoms with van der Waals surface area (Å²) >= 11 is 11.6. The standard InChI is InChI=1S/C12H8Cl2N2O2/c13-10-6-15-11(14)5-9(10)12(18)16-7-1-3-8(17)4-2-7/h1-6,17H,(H,16,18). The molecule has 92 valence electrons. The summed E-state index contributed by atoms with van der Waals surface area (Å²) in [6.07, 6.45) is 1.32. The van der Waals surface area contributed by atoms with Crippen molar-refractivity contribution < 1.29 is 9.90 Å². The second-order valence-corrected chi connectivity index (χ2v) is 4.28. The van der Waals surface area contributed by atoms with E-state index < -0.39 is 5.91 Å². The zero-order chi connectivity index (χ0) is 13.1. The Morgan fingerprint density at radius 1 is 1.22 bits per heavy atom. The van der Waals surface area contributed by atoms with Gasteiger partial charge < -0.3 is 10.4 Å². The van der Waals surface area contributed by atoms with Crippen LogP contribution in [0.25, 0.3) is 0 Å². The summed E-state index contributed by atoms with van der Waals surface area (Å²) in [5.41, 5.74) is 0.784. The van der Waals surface area contributed by atoms with Gasteiger partial charge in [-0.3, -0.25) is 4.79 Å². The predicted molar refractivity (Wildman–Crippen MR) is 70.3 cm³/mol. The van der Waals surface area contributed by atoms with Crippen LogP contribution in [0, 0.1) is 0 Å². The number of aromatic hydroxyl groups is 1. The number of carbonyl (C=O) groups is 1. The number of amides is 1. The average molecular weight is 283 g/mol. The van der Waals surface area contributed by atoms with E-state index in [1.54, 1.807) is 12.1 Å². The van der Waals surface area contributed by atoms with E-state index in [0.29, 0.717) is 5.69 Å². The summed E-state index contributed by atoms with van der Waals surface area (Å²) in [4.78, 5) is 15.7. The van der Waals surface area contributed by atoms with Gasteiger partial charge in [0, 0.05) is 11.9 Å². The number of anilines is 1. The number of nitrogens with one attached hydrogen (secondary N) is 1. The number of benzene rings is 1. The summed E-state index contributed by atoms with van der Waals surface area (Å²) in [7, 11) is 0. The number of phenolic OH excluding ortho intramolecular Hbond substituents is 1. The first-order chi connectivity index (χ1) is 8.56. The fourth-order valence-electron chi connectivity index (χ4n) is 1.33. The lowest BCUT2D eigenvalue weighted by atomic mass is 10.2. The first-order valence-electron chi connectivity index (χ1n) is 4.97. The Hall–Kier alpha value is -1.78. The lowest BCUT2D eigenvalue weighted by Crippen LogP contribution is -2.12. The first-order valence-corrected chi connectivity index (χ1v) is 5.73. The predicted octanol–water partition coefficient (Wildman–Crippen LogP) is 3.35. The monoisotopic (exact) mass is 282 g/mol. The molecule has 0 aliphatic heterocycles.